The molecule has 1 aliphatic heterocycles. The first kappa shape index (κ1) is 40.2. The van der Waals surface area contributed by atoms with Crippen molar-refractivity contribution < 1.29 is 16.0 Å². The molecule has 2 atom stereocenters. The number of nitrogens with zero attached hydrogens (tertiary/aromatic N) is 3. The van der Waals surface area contributed by atoms with Crippen molar-refractivity contribution in [3.05, 3.63) is 190 Å². The van der Waals surface area contributed by atoms with Gasteiger partial charge in [0.2, 0.25) is 0 Å². The van der Waals surface area contributed by atoms with Crippen LogP contribution < -0.4 is 21.3 Å². The van der Waals surface area contributed by atoms with Gasteiger partial charge >= 0.3 is 6.09 Å². The van der Waals surface area contributed by atoms with E-state index in [1.807, 2.05) is 168 Å². The van der Waals surface area contributed by atoms with Crippen LogP contribution in [0, 0.1) is 0 Å². The third kappa shape index (κ3) is 9.96. The van der Waals surface area contributed by atoms with Crippen LogP contribution in [0.15, 0.2) is 167 Å². The summed E-state index contributed by atoms with van der Waals surface area (Å²) in [4.78, 5) is 38.5. The van der Waals surface area contributed by atoms with E-state index in [0.29, 0.717) is 47.3 Å². The van der Waals surface area contributed by atoms with E-state index >= 15 is 0 Å². The van der Waals surface area contributed by atoms with Gasteiger partial charge in [-0.25, -0.2) is 15.0 Å². The van der Waals surface area contributed by atoms with Gasteiger partial charge in [0.1, 0.15) is 6.10 Å². The number of alkyl halides is 1. The highest BCUT2D eigenvalue weighted by atomic mass is 127. The molecule has 60 heavy (non-hydrogen) atoms. The van der Waals surface area contributed by atoms with Crippen molar-refractivity contribution in [2.24, 2.45) is 0 Å². The minimum atomic E-state index is -0.466. The molecule has 11 nitrogen and oxygen atoms in total. The lowest BCUT2D eigenvalue weighted by Crippen LogP contribution is -2.24. The van der Waals surface area contributed by atoms with Crippen LogP contribution in [-0.4, -0.2) is 61.8 Å². The van der Waals surface area contributed by atoms with Crippen molar-refractivity contribution in [3.8, 4) is 22.5 Å². The lowest BCUT2D eigenvalue weighted by Gasteiger charge is -2.14. The summed E-state index contributed by atoms with van der Waals surface area (Å²) in [5, 5.41) is 29.9. The first-order valence-electron chi connectivity index (χ1n) is 20.0. The third-order valence-electron chi connectivity index (χ3n) is 10.0. The van der Waals surface area contributed by atoms with Gasteiger partial charge in [-0.1, -0.05) is 144 Å². The number of anilines is 2. The first-order valence-corrected chi connectivity index (χ1v) is 20.8. The molecule has 12 heteroatoms. The molecule has 4 N–H and O–H groups in total. The average molecular weight is 912 g/mol. The highest BCUT2D eigenvalue weighted by Gasteiger charge is 2.32. The average Bonchev–Trinajstić information content (AvgIpc) is 3.66. The minimum Gasteiger partial charge on any atom is -0.444 e. The quantitative estimate of drug-likeness (QED) is 0.0785. The fourth-order valence-electron chi connectivity index (χ4n) is 7.12. The van der Waals surface area contributed by atoms with Crippen LogP contribution in [0.4, 0.5) is 16.2 Å². The van der Waals surface area contributed by atoms with Gasteiger partial charge in [-0.15, -0.1) is 0 Å². The van der Waals surface area contributed by atoms with E-state index in [1.165, 1.54) is 0 Å². The van der Waals surface area contributed by atoms with Gasteiger partial charge in [-0.3, -0.25) is 14.5 Å². The van der Waals surface area contributed by atoms with Gasteiger partial charge in [0.15, 0.2) is 0 Å². The fourth-order valence-corrected chi connectivity index (χ4v) is 7.12. The molecule has 6 aromatic carbocycles. The molecule has 1 fully saturated rings. The highest BCUT2D eigenvalue weighted by molar-refractivity contribution is 14.1. The van der Waals surface area contributed by atoms with Gasteiger partial charge < -0.3 is 15.2 Å². The van der Waals surface area contributed by atoms with Gasteiger partial charge in [-0.2, -0.15) is 10.2 Å². The number of aromatic nitrogens is 4. The van der Waals surface area contributed by atoms with Crippen LogP contribution in [0.3, 0.4) is 0 Å². The number of hydrogen-bond donors (Lipinski definition) is 4. The van der Waals surface area contributed by atoms with Crippen molar-refractivity contribution in [2.45, 2.75) is 25.0 Å². The maximum atomic E-state index is 12.4. The van der Waals surface area contributed by atoms with E-state index in [-0.39, 0.29) is 23.3 Å². The Hall–Kier alpha value is -6.64. The number of aromatic amines is 2. The molecule has 2 aromatic heterocycles. The Kier molecular flexibility index (Phi) is 13.3. The zero-order valence-electron chi connectivity index (χ0n) is 33.5. The second-order valence-corrected chi connectivity index (χ2v) is 14.0. The molecule has 1 amide bonds. The summed E-state index contributed by atoms with van der Waals surface area (Å²) in [6.45, 7) is 0.973. The van der Waals surface area contributed by atoms with Crippen LogP contribution in [0.1, 0.15) is 12.5 Å². The number of nitrogens with one attached hydrogen (secondary N) is 3. The second kappa shape index (κ2) is 19.9. The van der Waals surface area contributed by atoms with E-state index in [9.17, 15) is 19.5 Å². The number of carbonyl (C=O) groups excluding carboxylic acids is 1. The largest absolute Gasteiger partial charge is 0.444 e. The number of hydrogen-bond acceptors (Lipinski definition) is 8. The zero-order valence-corrected chi connectivity index (χ0v) is 34.7. The van der Waals surface area contributed by atoms with Gasteiger partial charge in [0, 0.05) is 54.0 Å². The van der Waals surface area contributed by atoms with E-state index in [1.54, 1.807) is 17.0 Å². The molecule has 8 aromatic rings. The number of cyclic esters (lactones) is 1. The first-order chi connectivity index (χ1) is 29.8. The van der Waals surface area contributed by atoms with Gasteiger partial charge in [-0.05, 0) is 52.4 Å². The summed E-state index contributed by atoms with van der Waals surface area (Å²) in [6.07, 6.45) is 0.320. The van der Waals surface area contributed by atoms with Crippen molar-refractivity contribution in [3.63, 3.8) is 0 Å². The van der Waals surface area contributed by atoms with E-state index in [2.05, 4.69) is 25.7 Å². The predicted molar refractivity (Wildman–Crippen MR) is 248 cm³/mol. The fraction of sp³-hybridized carbons (Fsp3) is 0.146. The Bertz CT molecular complexity index is 2810. The van der Waals surface area contributed by atoms with Crippen LogP contribution in [-0.2, 0) is 17.6 Å². The number of carbonyl (C=O) groups is 1. The lowest BCUT2D eigenvalue weighted by molar-refractivity contribution is 0.141. The Morgan fingerprint density at radius 3 is 1.70 bits per heavy atom. The monoisotopic (exact) mass is 911 g/mol. The van der Waals surface area contributed by atoms with E-state index in [4.69, 9.17) is 6.11 Å². The van der Waals surface area contributed by atoms with Crippen LogP contribution in [0.25, 0.3) is 44.1 Å². The van der Waals surface area contributed by atoms with Gasteiger partial charge in [0.25, 0.3) is 11.1 Å². The number of aliphatic hydroxyl groups excluding tert-OH is 1. The lowest BCUT2D eigenvalue weighted by atomic mass is 10.0. The van der Waals surface area contributed by atoms with Crippen LogP contribution in [0.2, 0.25) is 0 Å². The van der Waals surface area contributed by atoms with Crippen molar-refractivity contribution in [2.75, 3.05) is 28.2 Å². The Balaban J connectivity index is 0.000000173. The Labute approximate surface area is 361 Å². The molecule has 0 spiro atoms. The maximum Gasteiger partial charge on any atom is 0.414 e. The topological polar surface area (TPSA) is 153 Å². The molecule has 0 aliphatic carbocycles. The number of benzene rings is 6. The van der Waals surface area contributed by atoms with Crippen LogP contribution in [0.5, 0.6) is 0 Å². The molecular weight excluding hydrogens is 867 g/mol. The molecule has 0 bridgehead atoms. The third-order valence-corrected chi connectivity index (χ3v) is 10.0. The number of H-pyrrole nitrogens is 2. The number of rotatable bonds is 10. The standard InChI is InChI=1S/C24H19N3O3.C23H21N3O2.CH3I/c28-23-21-9-5-4-8-20(21)22(25-26-23)17-10-12-18(13-11-17)27-15-19(30-24(27)29)14-16-6-2-1-3-7-16;27-19(14-16-6-2-1-3-7-16)15-24-18-12-10-17(11-13-18)22-20-8-4-5-9-21(20)23(28)26-25-22;1-2/h1-13,19H,14-15H2,(H,26,28);1-13,19,24,27H,14-15H2,(H,26,28);1H3/i;;1D. The molecule has 1 aliphatic rings. The number of amides is 1. The van der Waals surface area contributed by atoms with E-state index < -0.39 is 6.10 Å². The van der Waals surface area contributed by atoms with Crippen molar-refractivity contribution >= 4 is 61.6 Å². The molecule has 1 saturated heterocycles. The van der Waals surface area contributed by atoms with Gasteiger partial charge in [0.05, 0.1) is 34.8 Å². The normalized spacial score (nSPS) is 14.0. The number of ether oxygens (including phenoxy) is 1. The molecular formula is C48H43IN6O5. The molecule has 9 rings (SSSR count). The summed E-state index contributed by atoms with van der Waals surface area (Å²) >= 11 is 1.96. The smallest absolute Gasteiger partial charge is 0.414 e. The van der Waals surface area contributed by atoms with Crippen molar-refractivity contribution in [1.29, 1.82) is 0 Å². The zero-order chi connectivity index (χ0) is 42.6. The molecule has 2 unspecified atom stereocenters. The summed E-state index contributed by atoms with van der Waals surface area (Å²) in [7, 11) is 0. The second-order valence-electron chi connectivity index (χ2n) is 14.0. The summed E-state index contributed by atoms with van der Waals surface area (Å²) in [5.74, 6) is 0. The summed E-state index contributed by atoms with van der Waals surface area (Å²) in [6, 6.07) is 50.1. The van der Waals surface area contributed by atoms with Crippen molar-refractivity contribution in [1.82, 2.24) is 20.4 Å². The molecule has 0 radical (unpaired) electrons. The summed E-state index contributed by atoms with van der Waals surface area (Å²) < 4.78 is 11.7. The minimum absolute atomic E-state index is 0.176. The number of aliphatic hydroxyl groups is 1. The summed E-state index contributed by atoms with van der Waals surface area (Å²) in [5.41, 5.74) is 6.76. The maximum absolute atomic E-state index is 12.4. The number of fused-ring (bicyclic) bond motifs is 2. The number of halogens is 1. The predicted octanol–water partition coefficient (Wildman–Crippen LogP) is 8.81. The SMILES string of the molecule is O=C1OC(Cc2ccccc2)CN1c1ccc(-c2n[nH]c(=O)c3ccccc23)cc1.O=c1[nH]nc(-c2ccc(NCC(O)Cc3ccccc3)cc2)c2ccccc12.[2H]CI. The Morgan fingerprint density at radius 2 is 1.17 bits per heavy atom. The van der Waals surface area contributed by atoms with E-state index in [0.717, 1.165) is 50.1 Å². The molecule has 302 valence electrons. The molecule has 3 heterocycles. The molecule has 0 saturated carbocycles. The Morgan fingerprint density at radius 1 is 0.700 bits per heavy atom. The van der Waals surface area contributed by atoms with Crippen LogP contribution >= 0.6 is 22.6 Å². The highest BCUT2D eigenvalue weighted by Crippen LogP contribution is 2.29.